The third kappa shape index (κ3) is 3.18. The van der Waals surface area contributed by atoms with Crippen LogP contribution in [-0.2, 0) is 9.53 Å². The van der Waals surface area contributed by atoms with E-state index in [1.807, 2.05) is 29.2 Å². The van der Waals surface area contributed by atoms with Crippen molar-refractivity contribution in [3.8, 4) is 0 Å². The number of rotatable bonds is 3. The lowest BCUT2D eigenvalue weighted by Crippen LogP contribution is -2.54. The summed E-state index contributed by atoms with van der Waals surface area (Å²) in [6, 6.07) is 7.50. The minimum Gasteiger partial charge on any atom is -0.374 e. The molecule has 1 N–H and O–H groups in total. The van der Waals surface area contributed by atoms with E-state index < -0.39 is 0 Å². The summed E-state index contributed by atoms with van der Waals surface area (Å²) in [5.41, 5.74) is 1.45. The molecular formula is C19H24N2O3. The maximum absolute atomic E-state index is 12.9. The summed E-state index contributed by atoms with van der Waals surface area (Å²) in [6.07, 6.45) is 6.63. The molecule has 1 aliphatic heterocycles. The van der Waals surface area contributed by atoms with Gasteiger partial charge in [0, 0.05) is 23.7 Å². The van der Waals surface area contributed by atoms with Crippen molar-refractivity contribution < 1.29 is 14.3 Å². The number of ether oxygens (including phenoxy) is 1. The van der Waals surface area contributed by atoms with Gasteiger partial charge in [-0.1, -0.05) is 12.8 Å². The third-order valence-corrected chi connectivity index (χ3v) is 5.34. The highest BCUT2D eigenvalue weighted by Crippen LogP contribution is 2.31. The van der Waals surface area contributed by atoms with Gasteiger partial charge in [-0.25, -0.2) is 0 Å². The van der Waals surface area contributed by atoms with Crippen molar-refractivity contribution in [1.29, 1.82) is 0 Å². The topological polar surface area (TPSA) is 58.6 Å². The smallest absolute Gasteiger partial charge is 0.254 e. The summed E-state index contributed by atoms with van der Waals surface area (Å²) >= 11 is 0. The Kier molecular flexibility index (Phi) is 4.27. The average Bonchev–Trinajstić information content (AvgIpc) is 3.46. The number of anilines is 1. The van der Waals surface area contributed by atoms with E-state index in [1.165, 1.54) is 12.8 Å². The molecule has 4 rings (SSSR count). The fourth-order valence-electron chi connectivity index (χ4n) is 3.80. The molecule has 3 aliphatic rings. The lowest BCUT2D eigenvalue weighted by atomic mass is 9.89. The molecule has 1 aromatic carbocycles. The molecule has 128 valence electrons. The van der Waals surface area contributed by atoms with Gasteiger partial charge in [-0.05, 0) is 49.9 Å². The van der Waals surface area contributed by atoms with Crippen LogP contribution < -0.4 is 5.32 Å². The molecule has 2 atom stereocenters. The molecule has 0 bridgehead atoms. The molecular weight excluding hydrogens is 304 g/mol. The second kappa shape index (κ2) is 6.55. The van der Waals surface area contributed by atoms with Crippen molar-refractivity contribution in [2.45, 2.75) is 50.7 Å². The summed E-state index contributed by atoms with van der Waals surface area (Å²) in [7, 11) is 0. The van der Waals surface area contributed by atoms with Gasteiger partial charge in [0.25, 0.3) is 5.91 Å². The van der Waals surface area contributed by atoms with Crippen LogP contribution in [0.15, 0.2) is 24.3 Å². The molecule has 24 heavy (non-hydrogen) atoms. The Labute approximate surface area is 142 Å². The van der Waals surface area contributed by atoms with Crippen LogP contribution in [0.25, 0.3) is 0 Å². The van der Waals surface area contributed by atoms with Gasteiger partial charge in [0.2, 0.25) is 5.91 Å². The van der Waals surface area contributed by atoms with E-state index in [4.69, 9.17) is 4.74 Å². The van der Waals surface area contributed by atoms with E-state index in [1.54, 1.807) is 0 Å². The number of carbonyl (C=O) groups is 2. The monoisotopic (exact) mass is 328 g/mol. The van der Waals surface area contributed by atoms with Crippen molar-refractivity contribution in [3.05, 3.63) is 29.8 Å². The Morgan fingerprint density at radius 3 is 2.54 bits per heavy atom. The van der Waals surface area contributed by atoms with Crippen LogP contribution in [0.4, 0.5) is 5.69 Å². The largest absolute Gasteiger partial charge is 0.374 e. The van der Waals surface area contributed by atoms with E-state index in [0.29, 0.717) is 18.7 Å². The van der Waals surface area contributed by atoms with Crippen LogP contribution in [-0.4, -0.2) is 42.0 Å². The van der Waals surface area contributed by atoms with E-state index >= 15 is 0 Å². The first-order valence-corrected chi connectivity index (χ1v) is 9.06. The zero-order chi connectivity index (χ0) is 16.5. The van der Waals surface area contributed by atoms with Crippen molar-refractivity contribution in [2.75, 3.05) is 18.5 Å². The molecule has 5 heteroatoms. The molecule has 1 aromatic rings. The van der Waals surface area contributed by atoms with Crippen molar-refractivity contribution in [2.24, 2.45) is 5.92 Å². The van der Waals surface area contributed by atoms with Gasteiger partial charge in [0.05, 0.1) is 18.8 Å². The van der Waals surface area contributed by atoms with Crippen molar-refractivity contribution in [1.82, 2.24) is 4.90 Å². The van der Waals surface area contributed by atoms with Crippen LogP contribution in [0.2, 0.25) is 0 Å². The fourth-order valence-corrected chi connectivity index (χ4v) is 3.80. The van der Waals surface area contributed by atoms with Crippen LogP contribution in [0.5, 0.6) is 0 Å². The molecule has 2 amide bonds. The number of hydrogen-bond acceptors (Lipinski definition) is 3. The molecule has 0 spiro atoms. The molecule has 1 saturated heterocycles. The first-order chi connectivity index (χ1) is 11.7. The number of carbonyl (C=O) groups excluding carboxylic acids is 2. The Balaban J connectivity index is 1.44. The summed E-state index contributed by atoms with van der Waals surface area (Å²) in [4.78, 5) is 26.7. The van der Waals surface area contributed by atoms with Gasteiger partial charge in [0.15, 0.2) is 0 Å². The summed E-state index contributed by atoms with van der Waals surface area (Å²) in [5.74, 6) is 0.352. The SMILES string of the molecule is O=C(Nc1ccc(C(=O)N2CCO[C@@H]3CCCC[C@@H]32)cc1)C1CC1. The third-order valence-electron chi connectivity index (χ3n) is 5.34. The second-order valence-electron chi connectivity index (χ2n) is 7.10. The van der Waals surface area contributed by atoms with Gasteiger partial charge >= 0.3 is 0 Å². The predicted molar refractivity (Wildman–Crippen MR) is 90.8 cm³/mol. The number of hydrogen-bond donors (Lipinski definition) is 1. The van der Waals surface area contributed by atoms with Crippen molar-refractivity contribution in [3.63, 3.8) is 0 Å². The Bertz CT molecular complexity index is 622. The molecule has 2 saturated carbocycles. The van der Waals surface area contributed by atoms with Gasteiger partial charge in [-0.2, -0.15) is 0 Å². The highest BCUT2D eigenvalue weighted by Gasteiger charge is 2.37. The first-order valence-electron chi connectivity index (χ1n) is 9.06. The zero-order valence-corrected chi connectivity index (χ0v) is 13.9. The number of benzene rings is 1. The molecule has 0 unspecified atom stereocenters. The molecule has 2 aliphatic carbocycles. The van der Waals surface area contributed by atoms with E-state index in [9.17, 15) is 9.59 Å². The molecule has 5 nitrogen and oxygen atoms in total. The molecule has 0 radical (unpaired) electrons. The van der Waals surface area contributed by atoms with Gasteiger partial charge in [-0.3, -0.25) is 9.59 Å². The van der Waals surface area contributed by atoms with Crippen LogP contribution in [0.1, 0.15) is 48.9 Å². The molecule has 1 heterocycles. The van der Waals surface area contributed by atoms with Crippen LogP contribution >= 0.6 is 0 Å². The average molecular weight is 328 g/mol. The Morgan fingerprint density at radius 2 is 1.79 bits per heavy atom. The minimum absolute atomic E-state index is 0.0790. The van der Waals surface area contributed by atoms with E-state index in [-0.39, 0.29) is 29.9 Å². The molecule has 3 fully saturated rings. The number of nitrogens with zero attached hydrogens (tertiary/aromatic N) is 1. The lowest BCUT2D eigenvalue weighted by molar-refractivity contribution is -0.117. The number of amides is 2. The number of nitrogens with one attached hydrogen (secondary N) is 1. The van der Waals surface area contributed by atoms with Gasteiger partial charge in [0.1, 0.15) is 0 Å². The Morgan fingerprint density at radius 1 is 1.04 bits per heavy atom. The second-order valence-corrected chi connectivity index (χ2v) is 7.10. The van der Waals surface area contributed by atoms with Gasteiger partial charge < -0.3 is 15.0 Å². The van der Waals surface area contributed by atoms with Crippen molar-refractivity contribution >= 4 is 17.5 Å². The quantitative estimate of drug-likeness (QED) is 0.928. The first kappa shape index (κ1) is 15.6. The van der Waals surface area contributed by atoms with E-state index in [0.717, 1.165) is 31.4 Å². The number of fused-ring (bicyclic) bond motifs is 1. The minimum atomic E-state index is 0.0790. The van der Waals surface area contributed by atoms with Crippen LogP contribution in [0.3, 0.4) is 0 Å². The summed E-state index contributed by atoms with van der Waals surface area (Å²) < 4.78 is 5.85. The summed E-state index contributed by atoms with van der Waals surface area (Å²) in [6.45, 7) is 1.29. The molecule has 0 aromatic heterocycles. The summed E-state index contributed by atoms with van der Waals surface area (Å²) in [5, 5.41) is 2.91. The highest BCUT2D eigenvalue weighted by molar-refractivity contribution is 5.97. The van der Waals surface area contributed by atoms with Gasteiger partial charge in [-0.15, -0.1) is 0 Å². The number of morpholine rings is 1. The van der Waals surface area contributed by atoms with Crippen LogP contribution in [0, 0.1) is 5.92 Å². The fraction of sp³-hybridized carbons (Fsp3) is 0.579. The Hall–Kier alpha value is -1.88. The van der Waals surface area contributed by atoms with E-state index in [2.05, 4.69) is 5.32 Å². The normalized spacial score (nSPS) is 26.6. The maximum atomic E-state index is 12.9. The predicted octanol–water partition coefficient (Wildman–Crippen LogP) is 2.82. The highest BCUT2D eigenvalue weighted by atomic mass is 16.5. The lowest BCUT2D eigenvalue weighted by Gasteiger charge is -2.43. The zero-order valence-electron chi connectivity index (χ0n) is 13.9. The standard InChI is InChI=1S/C19H24N2O3/c22-18(13-5-6-13)20-15-9-7-14(8-10-15)19(23)21-11-12-24-17-4-2-1-3-16(17)21/h7-10,13,16-17H,1-6,11-12H2,(H,20,22)/t16-,17+/m0/s1. The maximum Gasteiger partial charge on any atom is 0.254 e.